The minimum atomic E-state index is -4.54. The molecule has 204 valence electrons. The van der Waals surface area contributed by atoms with E-state index < -0.39 is 17.5 Å². The summed E-state index contributed by atoms with van der Waals surface area (Å²) in [5.74, 6) is -0.123. The van der Waals surface area contributed by atoms with Gasteiger partial charge < -0.3 is 20.5 Å². The van der Waals surface area contributed by atoms with Crippen molar-refractivity contribution in [2.75, 3.05) is 31.6 Å². The number of hydrogen-bond acceptors (Lipinski definition) is 6. The van der Waals surface area contributed by atoms with E-state index >= 15 is 0 Å². The van der Waals surface area contributed by atoms with Gasteiger partial charge in [-0.2, -0.15) is 13.2 Å². The minimum Gasteiger partial charge on any atom is -0.394 e. The van der Waals surface area contributed by atoms with E-state index in [1.54, 1.807) is 11.8 Å². The van der Waals surface area contributed by atoms with E-state index in [4.69, 9.17) is 9.73 Å². The number of rotatable bonds is 8. The van der Waals surface area contributed by atoms with Crippen molar-refractivity contribution in [3.05, 3.63) is 29.3 Å². The van der Waals surface area contributed by atoms with Crippen molar-refractivity contribution in [2.45, 2.75) is 68.9 Å². The number of hydrogen-bond donors (Lipinski definition) is 3. The van der Waals surface area contributed by atoms with Crippen molar-refractivity contribution in [1.82, 2.24) is 5.32 Å². The van der Waals surface area contributed by atoms with Gasteiger partial charge in [-0.1, -0.05) is 13.0 Å². The number of alkyl halides is 3. The molecule has 37 heavy (non-hydrogen) atoms. The predicted octanol–water partition coefficient (Wildman–Crippen LogP) is 4.43. The number of benzene rings is 1. The van der Waals surface area contributed by atoms with Crippen molar-refractivity contribution in [1.29, 1.82) is 0 Å². The van der Waals surface area contributed by atoms with E-state index in [9.17, 15) is 23.1 Å². The number of aryl methyl sites for hydroxylation is 1. The average molecular weight is 542 g/mol. The van der Waals surface area contributed by atoms with Gasteiger partial charge in [-0.25, -0.2) is 4.99 Å². The van der Waals surface area contributed by atoms with Crippen LogP contribution in [0.25, 0.3) is 0 Å². The number of aliphatic hydroxyl groups excluding tert-OH is 1. The minimum absolute atomic E-state index is 0.0311. The number of nitrogens with zero attached hydrogens (tertiary/aromatic N) is 3. The van der Waals surface area contributed by atoms with Crippen molar-refractivity contribution in [2.24, 2.45) is 15.0 Å². The number of nitrogens with one attached hydrogen (secondary N) is 2. The van der Waals surface area contributed by atoms with Crippen molar-refractivity contribution < 1.29 is 27.8 Å². The Kier molecular flexibility index (Phi) is 10.1. The van der Waals surface area contributed by atoms with Gasteiger partial charge in [-0.15, -0.1) is 11.8 Å². The summed E-state index contributed by atoms with van der Waals surface area (Å²) in [4.78, 5) is 24.6. The summed E-state index contributed by atoms with van der Waals surface area (Å²) in [6.07, 6.45) is -0.633. The van der Waals surface area contributed by atoms with Gasteiger partial charge in [0.25, 0.3) is 0 Å². The van der Waals surface area contributed by atoms with Crippen molar-refractivity contribution >= 4 is 41.2 Å². The third-order valence-electron chi connectivity index (χ3n) is 6.06. The van der Waals surface area contributed by atoms with Crippen LogP contribution in [-0.2, 0) is 9.53 Å². The molecule has 2 aliphatic heterocycles. The van der Waals surface area contributed by atoms with Gasteiger partial charge >= 0.3 is 6.18 Å². The van der Waals surface area contributed by atoms with E-state index in [1.807, 2.05) is 38.3 Å². The Morgan fingerprint density at radius 2 is 2.14 bits per heavy atom. The van der Waals surface area contributed by atoms with E-state index in [1.165, 1.54) is 0 Å². The first-order valence-electron chi connectivity index (χ1n) is 12.3. The Morgan fingerprint density at radius 3 is 2.84 bits per heavy atom. The number of guanidine groups is 1. The molecule has 2 heterocycles. The highest BCUT2D eigenvalue weighted by atomic mass is 32.2. The Balaban J connectivity index is 1.82. The molecule has 3 atom stereocenters. The van der Waals surface area contributed by atoms with Crippen LogP contribution < -0.4 is 10.6 Å². The third-order valence-corrected chi connectivity index (χ3v) is 7.56. The maximum absolute atomic E-state index is 13.1. The number of halogens is 3. The molecule has 12 heteroatoms. The van der Waals surface area contributed by atoms with Crippen LogP contribution in [0, 0.1) is 6.92 Å². The molecule has 0 aliphatic carbocycles. The number of aliphatic hydroxyl groups is 1. The van der Waals surface area contributed by atoms with Gasteiger partial charge in [0.15, 0.2) is 0 Å². The molecule has 3 rings (SSSR count). The number of thioether (sulfide) groups is 1. The number of amides is 1. The van der Waals surface area contributed by atoms with Gasteiger partial charge in [-0.3, -0.25) is 14.8 Å². The monoisotopic (exact) mass is 541 g/mol. The summed E-state index contributed by atoms with van der Waals surface area (Å²) in [5, 5.41) is 14.8. The van der Waals surface area contributed by atoms with E-state index in [-0.39, 0.29) is 35.7 Å². The second-order valence-electron chi connectivity index (χ2n) is 9.10. The van der Waals surface area contributed by atoms with Crippen LogP contribution in [0.15, 0.2) is 33.2 Å². The average Bonchev–Trinajstić information content (AvgIpc) is 3.26. The van der Waals surface area contributed by atoms with Crippen LogP contribution in [0.1, 0.15) is 55.9 Å². The molecule has 8 nitrogen and oxygen atoms in total. The van der Waals surface area contributed by atoms with E-state index in [0.717, 1.165) is 18.1 Å². The number of anilines is 1. The number of aliphatic imine (C=N–C) groups is 3. The quantitative estimate of drug-likeness (QED) is 0.334. The Labute approximate surface area is 219 Å². The lowest BCUT2D eigenvalue weighted by atomic mass is 9.94. The van der Waals surface area contributed by atoms with Gasteiger partial charge in [-0.05, 0) is 56.4 Å². The normalized spacial score (nSPS) is 25.2. The molecule has 3 unspecified atom stereocenters. The summed E-state index contributed by atoms with van der Waals surface area (Å²) in [6.45, 7) is 5.55. The smallest absolute Gasteiger partial charge is 0.394 e. The van der Waals surface area contributed by atoms with Crippen LogP contribution in [-0.4, -0.2) is 72.4 Å². The first-order valence-corrected chi connectivity index (χ1v) is 13.3. The molecule has 1 aromatic rings. The van der Waals surface area contributed by atoms with E-state index in [2.05, 4.69) is 20.6 Å². The Hall–Kier alpha value is -2.44. The highest BCUT2D eigenvalue weighted by Gasteiger charge is 2.44. The standard InChI is InChI=1S/C25H34F3N5O3S/c1-4-8-30-23(32-17(3)25(26,27)28)33-19-13-16(2)12-18(14-19)20-15-31-22(37-20)24(36-11-10-34)6-5-21(35)29-9-7-24/h12-15,20,22,34H,4-11H2,1-3H3,(H,29,35)(H,30,33). The van der Waals surface area contributed by atoms with Crippen LogP contribution in [0.4, 0.5) is 18.9 Å². The zero-order valence-electron chi connectivity index (χ0n) is 21.3. The Bertz CT molecular complexity index is 1050. The summed E-state index contributed by atoms with van der Waals surface area (Å²) < 4.78 is 45.3. The molecule has 1 aromatic carbocycles. The van der Waals surface area contributed by atoms with Crippen LogP contribution in [0.5, 0.6) is 0 Å². The zero-order valence-corrected chi connectivity index (χ0v) is 22.1. The molecular weight excluding hydrogens is 507 g/mol. The summed E-state index contributed by atoms with van der Waals surface area (Å²) >= 11 is 1.59. The lowest BCUT2D eigenvalue weighted by molar-refractivity contribution is -0.121. The highest BCUT2D eigenvalue weighted by Crippen LogP contribution is 2.46. The van der Waals surface area contributed by atoms with Crippen LogP contribution >= 0.6 is 11.8 Å². The molecule has 0 spiro atoms. The lowest BCUT2D eigenvalue weighted by Crippen LogP contribution is -2.43. The first-order chi connectivity index (χ1) is 17.6. The zero-order chi connectivity index (χ0) is 27.1. The Morgan fingerprint density at radius 1 is 1.35 bits per heavy atom. The SMILES string of the molecule is CCCN=C(N=C(C)C(F)(F)F)Nc1cc(C)cc(C2C=NC(C3(OCCO)CCNC(=O)CC3)S2)c1. The fourth-order valence-corrected chi connectivity index (χ4v) is 5.58. The number of ether oxygens (including phenoxy) is 1. The first kappa shape index (κ1) is 29.1. The third kappa shape index (κ3) is 8.02. The molecule has 1 fully saturated rings. The lowest BCUT2D eigenvalue weighted by Gasteiger charge is -2.36. The maximum atomic E-state index is 13.1. The van der Waals surface area contributed by atoms with Crippen molar-refractivity contribution in [3.63, 3.8) is 0 Å². The summed E-state index contributed by atoms with van der Waals surface area (Å²) in [7, 11) is 0. The molecule has 0 radical (unpaired) electrons. The van der Waals surface area contributed by atoms with Gasteiger partial charge in [0.2, 0.25) is 11.9 Å². The molecule has 0 bridgehead atoms. The van der Waals surface area contributed by atoms with Gasteiger partial charge in [0.1, 0.15) is 16.7 Å². The van der Waals surface area contributed by atoms with Gasteiger partial charge in [0, 0.05) is 31.4 Å². The number of carbonyl (C=O) groups excluding carboxylic acids is 1. The van der Waals surface area contributed by atoms with Crippen LogP contribution in [0.2, 0.25) is 0 Å². The second-order valence-corrected chi connectivity index (χ2v) is 10.3. The second kappa shape index (κ2) is 12.9. The topological polar surface area (TPSA) is 108 Å². The van der Waals surface area contributed by atoms with Crippen LogP contribution in [0.3, 0.4) is 0 Å². The number of carbonyl (C=O) groups is 1. The molecule has 1 amide bonds. The molecule has 0 saturated carbocycles. The molecular formula is C25H34F3N5O3S. The maximum Gasteiger partial charge on any atom is 0.429 e. The van der Waals surface area contributed by atoms with Crippen molar-refractivity contribution in [3.8, 4) is 0 Å². The predicted molar refractivity (Wildman–Crippen MR) is 142 cm³/mol. The highest BCUT2D eigenvalue weighted by molar-refractivity contribution is 8.01. The van der Waals surface area contributed by atoms with E-state index in [0.29, 0.717) is 44.5 Å². The summed E-state index contributed by atoms with van der Waals surface area (Å²) in [6, 6.07) is 5.69. The summed E-state index contributed by atoms with van der Waals surface area (Å²) in [5.41, 5.74) is 0.752. The fraction of sp³-hybridized carbons (Fsp3) is 0.600. The van der Waals surface area contributed by atoms with Gasteiger partial charge in [0.05, 0.1) is 18.5 Å². The molecule has 3 N–H and O–H groups in total. The molecule has 2 aliphatic rings. The fourth-order valence-electron chi connectivity index (χ4n) is 4.17. The largest absolute Gasteiger partial charge is 0.429 e. The molecule has 0 aromatic heterocycles. The molecule has 1 saturated heterocycles.